The summed E-state index contributed by atoms with van der Waals surface area (Å²) in [6.45, 7) is 8.67. The van der Waals surface area contributed by atoms with Crippen molar-refractivity contribution in [3.05, 3.63) is 45.9 Å². The number of hydrogen-bond donors (Lipinski definition) is 0. The van der Waals surface area contributed by atoms with Crippen LogP contribution in [0.3, 0.4) is 0 Å². The maximum Gasteiger partial charge on any atom is 0.196 e. The fraction of sp³-hybridized carbons (Fsp3) is 0.350. The van der Waals surface area contributed by atoms with E-state index < -0.39 is 0 Å². The molecule has 0 aliphatic carbocycles. The molecule has 3 aromatic heterocycles. The molecule has 0 radical (unpaired) electrons. The summed E-state index contributed by atoms with van der Waals surface area (Å²) in [5.41, 5.74) is 4.26. The number of rotatable bonds is 4. The maximum absolute atomic E-state index is 5.42. The van der Waals surface area contributed by atoms with E-state index >= 15 is 0 Å². The van der Waals surface area contributed by atoms with Gasteiger partial charge < -0.3 is 4.74 Å². The molecule has 140 valence electrons. The van der Waals surface area contributed by atoms with Gasteiger partial charge in [0.05, 0.1) is 23.3 Å². The molecule has 3 heterocycles. The Morgan fingerprint density at radius 1 is 1.19 bits per heavy atom. The minimum atomic E-state index is 0.0828. The highest BCUT2D eigenvalue weighted by Crippen LogP contribution is 2.31. The van der Waals surface area contributed by atoms with Gasteiger partial charge in [-0.25, -0.2) is 4.98 Å². The van der Waals surface area contributed by atoms with Crippen LogP contribution in [0.5, 0.6) is 5.75 Å². The molecule has 0 amide bonds. The number of fused-ring (bicyclic) bond motifs is 3. The number of thiazole rings is 1. The molecule has 4 rings (SSSR count). The number of aryl methyl sites for hydroxylation is 1. The van der Waals surface area contributed by atoms with Gasteiger partial charge in [-0.05, 0) is 30.7 Å². The Kier molecular flexibility index (Phi) is 4.60. The first kappa shape index (κ1) is 18.3. The molecule has 7 heteroatoms. The third-order valence-electron chi connectivity index (χ3n) is 4.42. The molecule has 4 aromatic rings. The molecule has 0 unspecified atom stereocenters. The highest BCUT2D eigenvalue weighted by atomic mass is 32.2. The van der Waals surface area contributed by atoms with Gasteiger partial charge in [0.1, 0.15) is 5.75 Å². The lowest BCUT2D eigenvalue weighted by atomic mass is 9.98. The van der Waals surface area contributed by atoms with Gasteiger partial charge in [0.15, 0.2) is 10.8 Å². The lowest BCUT2D eigenvalue weighted by Gasteiger charge is -2.13. The van der Waals surface area contributed by atoms with Gasteiger partial charge in [-0.3, -0.25) is 4.40 Å². The number of hydrogen-bond acceptors (Lipinski definition) is 6. The van der Waals surface area contributed by atoms with Crippen LogP contribution in [0.2, 0.25) is 0 Å². The SMILES string of the molecule is COc1ccc2c(C)cc3nnc(SCc4csc(C(C)(C)C)n4)n3c2c1. The van der Waals surface area contributed by atoms with Gasteiger partial charge in [-0.1, -0.05) is 32.5 Å². The predicted molar refractivity (Wildman–Crippen MR) is 112 cm³/mol. The van der Waals surface area contributed by atoms with E-state index in [1.165, 1.54) is 10.9 Å². The van der Waals surface area contributed by atoms with Crippen molar-refractivity contribution in [1.82, 2.24) is 19.6 Å². The summed E-state index contributed by atoms with van der Waals surface area (Å²) >= 11 is 3.38. The number of nitrogens with zero attached hydrogens (tertiary/aromatic N) is 4. The van der Waals surface area contributed by atoms with Crippen molar-refractivity contribution in [3.63, 3.8) is 0 Å². The van der Waals surface area contributed by atoms with Crippen molar-refractivity contribution in [2.24, 2.45) is 0 Å². The topological polar surface area (TPSA) is 52.3 Å². The van der Waals surface area contributed by atoms with Crippen molar-refractivity contribution in [3.8, 4) is 5.75 Å². The first-order chi connectivity index (χ1) is 12.9. The number of thioether (sulfide) groups is 1. The lowest BCUT2D eigenvalue weighted by Crippen LogP contribution is -2.10. The fourth-order valence-corrected chi connectivity index (χ4v) is 4.84. The Balaban J connectivity index is 1.72. The Bertz CT molecular complexity index is 1120. The van der Waals surface area contributed by atoms with Crippen LogP contribution in [0.15, 0.2) is 34.8 Å². The van der Waals surface area contributed by atoms with E-state index in [-0.39, 0.29) is 5.41 Å². The van der Waals surface area contributed by atoms with E-state index in [4.69, 9.17) is 9.72 Å². The summed E-state index contributed by atoms with van der Waals surface area (Å²) < 4.78 is 7.53. The molecule has 0 aliphatic rings. The molecule has 0 atom stereocenters. The van der Waals surface area contributed by atoms with Crippen molar-refractivity contribution in [2.45, 2.75) is 44.0 Å². The summed E-state index contributed by atoms with van der Waals surface area (Å²) in [6.07, 6.45) is 0. The van der Waals surface area contributed by atoms with E-state index in [0.717, 1.165) is 38.5 Å². The first-order valence-corrected chi connectivity index (χ1v) is 10.6. The molecular formula is C20H22N4OS2. The van der Waals surface area contributed by atoms with Crippen molar-refractivity contribution >= 4 is 39.6 Å². The standard InChI is InChI=1S/C20H22N4OS2/c1-12-8-17-22-23-19(24(17)16-9-14(25-5)6-7-15(12)16)27-11-13-10-26-18(21-13)20(2,3)4/h6-10H,11H2,1-5H3. The quantitative estimate of drug-likeness (QED) is 0.440. The molecule has 27 heavy (non-hydrogen) atoms. The molecule has 0 bridgehead atoms. The van der Waals surface area contributed by atoms with Gasteiger partial charge in [0, 0.05) is 28.0 Å². The second-order valence-corrected chi connectivity index (χ2v) is 9.37. The van der Waals surface area contributed by atoms with E-state index in [9.17, 15) is 0 Å². The molecule has 0 N–H and O–H groups in total. The van der Waals surface area contributed by atoms with Crippen LogP contribution < -0.4 is 4.74 Å². The van der Waals surface area contributed by atoms with Crippen LogP contribution in [-0.4, -0.2) is 26.7 Å². The number of benzene rings is 1. The normalized spacial score (nSPS) is 12.2. The lowest BCUT2D eigenvalue weighted by molar-refractivity contribution is 0.415. The van der Waals surface area contributed by atoms with Crippen LogP contribution in [0.25, 0.3) is 16.6 Å². The summed E-state index contributed by atoms with van der Waals surface area (Å²) in [5.74, 6) is 1.60. The molecule has 0 fully saturated rings. The van der Waals surface area contributed by atoms with Crippen LogP contribution in [0.4, 0.5) is 0 Å². The molecule has 0 saturated carbocycles. The van der Waals surface area contributed by atoms with Gasteiger partial charge in [-0.15, -0.1) is 21.5 Å². The summed E-state index contributed by atoms with van der Waals surface area (Å²) in [5, 5.41) is 14.1. The zero-order valence-corrected chi connectivity index (χ0v) is 17.7. The van der Waals surface area contributed by atoms with Crippen molar-refractivity contribution in [1.29, 1.82) is 0 Å². The number of ether oxygens (including phenoxy) is 1. The monoisotopic (exact) mass is 398 g/mol. The van der Waals surface area contributed by atoms with Crippen LogP contribution in [0, 0.1) is 6.92 Å². The van der Waals surface area contributed by atoms with Crippen LogP contribution in [-0.2, 0) is 11.2 Å². The van der Waals surface area contributed by atoms with Crippen LogP contribution >= 0.6 is 23.1 Å². The molecule has 5 nitrogen and oxygen atoms in total. The Labute approximate surface area is 166 Å². The molecule has 0 spiro atoms. The Morgan fingerprint density at radius 3 is 2.70 bits per heavy atom. The average molecular weight is 399 g/mol. The first-order valence-electron chi connectivity index (χ1n) is 8.77. The minimum absolute atomic E-state index is 0.0828. The highest BCUT2D eigenvalue weighted by molar-refractivity contribution is 7.98. The molecule has 0 saturated heterocycles. The number of aromatic nitrogens is 4. The largest absolute Gasteiger partial charge is 0.497 e. The zero-order chi connectivity index (χ0) is 19.2. The van der Waals surface area contributed by atoms with E-state index in [1.54, 1.807) is 30.2 Å². The second kappa shape index (κ2) is 6.80. The van der Waals surface area contributed by atoms with Gasteiger partial charge in [0.25, 0.3) is 0 Å². The van der Waals surface area contributed by atoms with E-state index in [1.807, 2.05) is 12.1 Å². The maximum atomic E-state index is 5.42. The van der Waals surface area contributed by atoms with E-state index in [0.29, 0.717) is 0 Å². The highest BCUT2D eigenvalue weighted by Gasteiger charge is 2.18. The summed E-state index contributed by atoms with van der Waals surface area (Å²) in [7, 11) is 1.69. The van der Waals surface area contributed by atoms with Gasteiger partial charge in [0.2, 0.25) is 0 Å². The van der Waals surface area contributed by atoms with Crippen molar-refractivity contribution in [2.75, 3.05) is 7.11 Å². The number of pyridine rings is 1. The Hall–Kier alpha value is -2.12. The van der Waals surface area contributed by atoms with Crippen LogP contribution in [0.1, 0.15) is 37.0 Å². The fourth-order valence-electron chi connectivity index (χ4n) is 2.98. The third-order valence-corrected chi connectivity index (χ3v) is 6.70. The Morgan fingerprint density at radius 2 is 2.00 bits per heavy atom. The van der Waals surface area contributed by atoms with Crippen molar-refractivity contribution < 1.29 is 4.74 Å². The summed E-state index contributed by atoms with van der Waals surface area (Å²) in [4.78, 5) is 4.79. The molecule has 1 aromatic carbocycles. The molecular weight excluding hydrogens is 376 g/mol. The zero-order valence-electron chi connectivity index (χ0n) is 16.1. The smallest absolute Gasteiger partial charge is 0.196 e. The average Bonchev–Trinajstić information content (AvgIpc) is 3.26. The van der Waals surface area contributed by atoms with Gasteiger partial charge >= 0.3 is 0 Å². The summed E-state index contributed by atoms with van der Waals surface area (Å²) in [6, 6.07) is 8.20. The van der Waals surface area contributed by atoms with Gasteiger partial charge in [-0.2, -0.15) is 0 Å². The second-order valence-electron chi connectivity index (χ2n) is 7.57. The third kappa shape index (κ3) is 3.41. The predicted octanol–water partition coefficient (Wildman–Crippen LogP) is 5.25. The number of methoxy groups -OCH3 is 1. The minimum Gasteiger partial charge on any atom is -0.497 e. The molecule has 0 aliphatic heterocycles. The van der Waals surface area contributed by atoms with E-state index in [2.05, 4.69) is 59.8 Å².